The van der Waals surface area contributed by atoms with Gasteiger partial charge in [-0.3, -0.25) is 19.2 Å². The van der Waals surface area contributed by atoms with Gasteiger partial charge in [-0.05, 0) is 148 Å². The summed E-state index contributed by atoms with van der Waals surface area (Å²) in [5.74, 6) is 6.66. The van der Waals surface area contributed by atoms with Crippen LogP contribution in [-0.4, -0.2) is 42.4 Å². The molecule has 0 aliphatic heterocycles. The molecule has 0 aromatic carbocycles. The third-order valence-corrected chi connectivity index (χ3v) is 17.6. The Morgan fingerprint density at radius 1 is 0.673 bits per heavy atom. The maximum atomic E-state index is 13.2. The van der Waals surface area contributed by atoms with E-state index in [1.54, 1.807) is 5.57 Å². The zero-order valence-electron chi connectivity index (χ0n) is 34.7. The van der Waals surface area contributed by atoms with E-state index in [2.05, 4.69) is 59.5 Å². The topological polar surface area (TPSA) is 98.8 Å². The van der Waals surface area contributed by atoms with Crippen LogP contribution >= 0.6 is 0 Å². The number of amides is 1. The summed E-state index contributed by atoms with van der Waals surface area (Å²) in [5.41, 5.74) is 4.25. The molecule has 0 heterocycles. The first-order valence-electron chi connectivity index (χ1n) is 22.4. The zero-order chi connectivity index (χ0) is 39.0. The van der Waals surface area contributed by atoms with Gasteiger partial charge >= 0.3 is 11.9 Å². The minimum atomic E-state index is -0.284. The second-order valence-electron chi connectivity index (χ2n) is 20.8. The number of carbonyl (C=O) groups is 4. The Labute approximate surface area is 330 Å². The normalized spacial score (nSPS) is 45.7. The number of ketones is 1. The molecule has 55 heavy (non-hydrogen) atoms. The third kappa shape index (κ3) is 6.91. The molecule has 6 saturated carbocycles. The summed E-state index contributed by atoms with van der Waals surface area (Å²) in [4.78, 5) is 51.4. The van der Waals surface area contributed by atoms with Gasteiger partial charge < -0.3 is 14.8 Å². The van der Waals surface area contributed by atoms with Crippen molar-refractivity contribution in [1.29, 1.82) is 0 Å². The molecule has 0 aromatic rings. The smallest absolute Gasteiger partial charge is 0.307 e. The predicted molar refractivity (Wildman–Crippen MR) is 213 cm³/mol. The van der Waals surface area contributed by atoms with Gasteiger partial charge in [0.1, 0.15) is 12.2 Å². The molecule has 7 heteroatoms. The molecule has 0 radical (unpaired) electrons. The second kappa shape index (κ2) is 14.9. The number of fused-ring (bicyclic) bond motifs is 10. The molecular formula is C48H69NO6. The molecule has 16 atom stereocenters. The first kappa shape index (κ1) is 39.1. The molecular weight excluding hydrogens is 687 g/mol. The molecule has 8 aliphatic rings. The number of ether oxygens (including phenoxy) is 2. The standard InChI is InChI=1S/C48H69NO6/c1-26-8-10-34-31(20-26)21-27(2)45-36-12-14-38(47(36,6)24-29(4)43(34)45)54-41(52)17-16-40(51)49-19-18-42(53)55-39-15-13-37-46-28(3)22-32-23-33(50)9-11-35(32)44(46)30(5)25-48(37,39)7/h20,23,27-30,34-39,43-46H,1,8-19,21-22,24-25H2,2-7H3,(H,49,51). The van der Waals surface area contributed by atoms with E-state index in [1.165, 1.54) is 24.0 Å². The van der Waals surface area contributed by atoms with Gasteiger partial charge in [0.25, 0.3) is 0 Å². The molecule has 0 aromatic heterocycles. The molecule has 1 amide bonds. The molecule has 8 aliphatic carbocycles. The van der Waals surface area contributed by atoms with Crippen molar-refractivity contribution in [3.63, 3.8) is 0 Å². The molecule has 0 bridgehead atoms. The number of nitrogens with one attached hydrogen (secondary N) is 1. The van der Waals surface area contributed by atoms with Crippen molar-refractivity contribution in [2.75, 3.05) is 6.54 Å². The second-order valence-corrected chi connectivity index (χ2v) is 20.8. The summed E-state index contributed by atoms with van der Waals surface area (Å²) in [6, 6.07) is 0. The van der Waals surface area contributed by atoms with Crippen LogP contribution in [0.5, 0.6) is 0 Å². The quantitative estimate of drug-likeness (QED) is 0.248. The summed E-state index contributed by atoms with van der Waals surface area (Å²) in [6.07, 6.45) is 16.8. The summed E-state index contributed by atoms with van der Waals surface area (Å²) in [5, 5.41) is 2.87. The highest BCUT2D eigenvalue weighted by Crippen LogP contribution is 2.67. The first-order chi connectivity index (χ1) is 26.2. The van der Waals surface area contributed by atoms with Gasteiger partial charge in [-0.15, -0.1) is 0 Å². The summed E-state index contributed by atoms with van der Waals surface area (Å²) >= 11 is 0. The highest BCUT2D eigenvalue weighted by molar-refractivity contribution is 5.91. The van der Waals surface area contributed by atoms with E-state index in [9.17, 15) is 19.2 Å². The number of hydrogen-bond donors (Lipinski definition) is 1. The van der Waals surface area contributed by atoms with Crippen LogP contribution in [0.1, 0.15) is 138 Å². The highest BCUT2D eigenvalue weighted by Gasteiger charge is 2.62. The van der Waals surface area contributed by atoms with Crippen LogP contribution in [0.2, 0.25) is 0 Å². The van der Waals surface area contributed by atoms with E-state index in [-0.39, 0.29) is 66.7 Å². The van der Waals surface area contributed by atoms with E-state index in [1.807, 2.05) is 6.08 Å². The predicted octanol–water partition coefficient (Wildman–Crippen LogP) is 9.35. The van der Waals surface area contributed by atoms with Gasteiger partial charge in [0, 0.05) is 30.2 Å². The van der Waals surface area contributed by atoms with Crippen molar-refractivity contribution in [2.24, 2.45) is 81.8 Å². The summed E-state index contributed by atoms with van der Waals surface area (Å²) in [6.45, 7) is 18.9. The fourth-order valence-corrected chi connectivity index (χ4v) is 15.7. The molecule has 16 unspecified atom stereocenters. The lowest BCUT2D eigenvalue weighted by atomic mass is 9.47. The lowest BCUT2D eigenvalue weighted by Gasteiger charge is -2.58. The number of carbonyl (C=O) groups excluding carboxylic acids is 4. The number of esters is 2. The first-order valence-corrected chi connectivity index (χ1v) is 22.4. The third-order valence-electron chi connectivity index (χ3n) is 17.6. The minimum absolute atomic E-state index is 0.0209. The van der Waals surface area contributed by atoms with Gasteiger partial charge in [-0.1, -0.05) is 70.9 Å². The van der Waals surface area contributed by atoms with E-state index in [4.69, 9.17) is 9.47 Å². The van der Waals surface area contributed by atoms with Crippen LogP contribution in [0.3, 0.4) is 0 Å². The largest absolute Gasteiger partial charge is 0.462 e. The SMILES string of the molecule is C=C1C=C2CC(C)C3C(C(C)CC4(C)C(OC(=O)CCC(=O)NCCC(=O)OC5CCC6C7C(C)CC8=CC(=O)CCC8C7C(C)CC56C)CCC34)C2CC1. The van der Waals surface area contributed by atoms with Crippen molar-refractivity contribution in [2.45, 2.75) is 150 Å². The Hall–Kier alpha value is -2.70. The summed E-state index contributed by atoms with van der Waals surface area (Å²) < 4.78 is 12.5. The summed E-state index contributed by atoms with van der Waals surface area (Å²) in [7, 11) is 0. The average molecular weight is 756 g/mol. The van der Waals surface area contributed by atoms with Crippen molar-refractivity contribution < 1.29 is 28.7 Å². The highest BCUT2D eigenvalue weighted by atomic mass is 16.5. The van der Waals surface area contributed by atoms with E-state index >= 15 is 0 Å². The van der Waals surface area contributed by atoms with Gasteiger partial charge in [0.05, 0.1) is 12.8 Å². The van der Waals surface area contributed by atoms with Crippen molar-refractivity contribution >= 4 is 23.6 Å². The van der Waals surface area contributed by atoms with Crippen molar-refractivity contribution in [3.05, 3.63) is 35.5 Å². The van der Waals surface area contributed by atoms with E-state index < -0.39 is 0 Å². The lowest BCUT2D eigenvalue weighted by molar-refractivity contribution is -0.164. The minimum Gasteiger partial charge on any atom is -0.462 e. The molecule has 8 rings (SSSR count). The van der Waals surface area contributed by atoms with Crippen molar-refractivity contribution in [3.8, 4) is 0 Å². The van der Waals surface area contributed by atoms with Crippen LogP contribution in [0.15, 0.2) is 35.5 Å². The van der Waals surface area contributed by atoms with Crippen LogP contribution in [0.4, 0.5) is 0 Å². The van der Waals surface area contributed by atoms with Crippen molar-refractivity contribution in [1.82, 2.24) is 5.32 Å². The molecule has 6 fully saturated rings. The van der Waals surface area contributed by atoms with Crippen LogP contribution < -0.4 is 5.32 Å². The zero-order valence-corrected chi connectivity index (χ0v) is 34.7. The molecule has 302 valence electrons. The van der Waals surface area contributed by atoms with Crippen LogP contribution in [0.25, 0.3) is 0 Å². The van der Waals surface area contributed by atoms with E-state index in [0.717, 1.165) is 57.8 Å². The van der Waals surface area contributed by atoms with Gasteiger partial charge in [-0.2, -0.15) is 0 Å². The van der Waals surface area contributed by atoms with Gasteiger partial charge in [0.2, 0.25) is 5.91 Å². The Balaban J connectivity index is 0.787. The van der Waals surface area contributed by atoms with Crippen LogP contribution in [-0.2, 0) is 28.7 Å². The lowest BCUT2D eigenvalue weighted by Crippen LogP contribution is -2.54. The molecule has 0 spiro atoms. The monoisotopic (exact) mass is 756 g/mol. The number of hydrogen-bond acceptors (Lipinski definition) is 6. The van der Waals surface area contributed by atoms with Crippen LogP contribution in [0, 0.1) is 81.8 Å². The Bertz CT molecular complexity index is 1640. The fraction of sp³-hybridized carbons (Fsp3) is 0.792. The maximum Gasteiger partial charge on any atom is 0.307 e. The molecule has 7 nitrogen and oxygen atoms in total. The van der Waals surface area contributed by atoms with E-state index in [0.29, 0.717) is 83.2 Å². The molecule has 0 saturated heterocycles. The molecule has 1 N–H and O–H groups in total. The fourth-order valence-electron chi connectivity index (χ4n) is 15.7. The Morgan fingerprint density at radius 3 is 1.75 bits per heavy atom. The Kier molecular flexibility index (Phi) is 10.6. The van der Waals surface area contributed by atoms with Gasteiger partial charge in [0.15, 0.2) is 5.78 Å². The average Bonchev–Trinajstić information content (AvgIpc) is 3.61. The number of rotatable bonds is 8. The maximum absolute atomic E-state index is 13.2. The Morgan fingerprint density at radius 2 is 1.18 bits per heavy atom. The van der Waals surface area contributed by atoms with Gasteiger partial charge in [-0.25, -0.2) is 0 Å². The number of allylic oxidation sites excluding steroid dienone is 4.